The summed E-state index contributed by atoms with van der Waals surface area (Å²) in [6.07, 6.45) is 4.78. The zero-order chi connectivity index (χ0) is 15.1. The number of halogens is 1. The van der Waals surface area contributed by atoms with E-state index in [1.165, 1.54) is 0 Å². The number of carbonyl (C=O) groups excluding carboxylic acids is 1. The third kappa shape index (κ3) is 2.66. The van der Waals surface area contributed by atoms with E-state index >= 15 is 0 Å². The number of allylic oxidation sites excluding steroid dienone is 2. The molecule has 6 heteroatoms. The average Bonchev–Trinajstić information content (AvgIpc) is 3.12. The van der Waals surface area contributed by atoms with Crippen LogP contribution in [0, 0.1) is 23.7 Å². The molecule has 21 heavy (non-hydrogen) atoms. The van der Waals surface area contributed by atoms with Gasteiger partial charge in [-0.1, -0.05) is 12.2 Å². The van der Waals surface area contributed by atoms with Gasteiger partial charge in [0.05, 0.1) is 18.4 Å². The van der Waals surface area contributed by atoms with Crippen molar-refractivity contribution in [1.82, 2.24) is 4.90 Å². The smallest absolute Gasteiger partial charge is 0.307 e. The number of carboxylic acid groups (broad SMARTS) is 1. The largest absolute Gasteiger partial charge is 0.481 e. The Balaban J connectivity index is 1.74. The molecule has 0 aliphatic heterocycles. The molecule has 112 valence electrons. The summed E-state index contributed by atoms with van der Waals surface area (Å²) in [5.74, 6) is -1.77. The molecule has 0 aromatic carbocycles. The molecular formula is C15H16BrNO3S. The molecule has 1 heterocycles. The van der Waals surface area contributed by atoms with Gasteiger partial charge < -0.3 is 10.0 Å². The fourth-order valence-corrected chi connectivity index (χ4v) is 5.00. The molecule has 0 saturated heterocycles. The van der Waals surface area contributed by atoms with E-state index in [1.807, 2.05) is 23.6 Å². The van der Waals surface area contributed by atoms with Crippen molar-refractivity contribution in [3.63, 3.8) is 0 Å². The van der Waals surface area contributed by atoms with Crippen molar-refractivity contribution < 1.29 is 14.7 Å². The van der Waals surface area contributed by atoms with E-state index in [-0.39, 0.29) is 17.7 Å². The topological polar surface area (TPSA) is 57.6 Å². The molecule has 2 unspecified atom stereocenters. The molecular weight excluding hydrogens is 354 g/mol. The second-order valence-corrected chi connectivity index (χ2v) is 7.68. The number of hydrogen-bond acceptors (Lipinski definition) is 3. The lowest BCUT2D eigenvalue weighted by molar-refractivity contribution is -0.150. The van der Waals surface area contributed by atoms with Gasteiger partial charge >= 0.3 is 5.97 Å². The Morgan fingerprint density at radius 1 is 1.38 bits per heavy atom. The number of carbonyl (C=O) groups is 2. The summed E-state index contributed by atoms with van der Waals surface area (Å²) in [7, 11) is 1.75. The molecule has 1 aromatic heterocycles. The van der Waals surface area contributed by atoms with Crippen molar-refractivity contribution in [1.29, 1.82) is 0 Å². The average molecular weight is 370 g/mol. The first-order valence-corrected chi connectivity index (χ1v) is 8.53. The SMILES string of the molecule is CN(Cc1cc(Br)cs1)C(=O)[C@H]1C2C=CC(C2)[C@H]1C(=O)O. The minimum absolute atomic E-state index is 0.0192. The number of carboxylic acids is 1. The van der Waals surface area contributed by atoms with Gasteiger partial charge in [-0.15, -0.1) is 11.3 Å². The minimum Gasteiger partial charge on any atom is -0.481 e. The Labute approximate surface area is 135 Å². The van der Waals surface area contributed by atoms with Crippen LogP contribution in [0.2, 0.25) is 0 Å². The van der Waals surface area contributed by atoms with Crippen LogP contribution in [0.4, 0.5) is 0 Å². The number of thiophene rings is 1. The molecule has 2 aliphatic rings. The first-order valence-electron chi connectivity index (χ1n) is 6.86. The van der Waals surface area contributed by atoms with Crippen LogP contribution in [-0.4, -0.2) is 28.9 Å². The maximum Gasteiger partial charge on any atom is 0.307 e. The Kier molecular flexibility index (Phi) is 3.92. The fourth-order valence-electron chi connectivity index (χ4n) is 3.50. The number of fused-ring (bicyclic) bond motifs is 2. The molecule has 4 nitrogen and oxygen atoms in total. The van der Waals surface area contributed by atoms with Crippen LogP contribution < -0.4 is 0 Å². The van der Waals surface area contributed by atoms with Gasteiger partial charge in [-0.25, -0.2) is 0 Å². The van der Waals surface area contributed by atoms with E-state index < -0.39 is 17.8 Å². The molecule has 0 spiro atoms. The zero-order valence-corrected chi connectivity index (χ0v) is 13.9. The van der Waals surface area contributed by atoms with Gasteiger partial charge in [0.1, 0.15) is 0 Å². The lowest BCUT2D eigenvalue weighted by atomic mass is 9.82. The Bertz CT molecular complexity index is 612. The van der Waals surface area contributed by atoms with Gasteiger partial charge in [0, 0.05) is 21.8 Å². The molecule has 2 aliphatic carbocycles. The standard InChI is InChI=1S/C15H16BrNO3S/c1-17(6-11-5-10(16)7-21-11)14(18)12-8-2-3-9(4-8)13(12)15(19)20/h2-3,5,7-9,12-13H,4,6H2,1H3,(H,19,20)/t8?,9?,12-,13+/m0/s1. The lowest BCUT2D eigenvalue weighted by Crippen LogP contribution is -2.40. The second-order valence-electron chi connectivity index (χ2n) is 5.76. The van der Waals surface area contributed by atoms with Crippen LogP contribution in [0.25, 0.3) is 0 Å². The Morgan fingerprint density at radius 2 is 2.05 bits per heavy atom. The van der Waals surface area contributed by atoms with Crippen LogP contribution in [0.1, 0.15) is 11.3 Å². The summed E-state index contributed by atoms with van der Waals surface area (Å²) in [5, 5.41) is 11.4. The van der Waals surface area contributed by atoms with Crippen molar-refractivity contribution in [3.05, 3.63) is 32.9 Å². The summed E-state index contributed by atoms with van der Waals surface area (Å²) < 4.78 is 1.01. The van der Waals surface area contributed by atoms with Crippen molar-refractivity contribution >= 4 is 39.1 Å². The summed E-state index contributed by atoms with van der Waals surface area (Å²) in [4.78, 5) is 26.9. The molecule has 1 aromatic rings. The van der Waals surface area contributed by atoms with Crippen LogP contribution >= 0.6 is 27.3 Å². The molecule has 1 amide bonds. The Morgan fingerprint density at radius 3 is 2.62 bits per heavy atom. The highest BCUT2D eigenvalue weighted by molar-refractivity contribution is 9.10. The van der Waals surface area contributed by atoms with Crippen molar-refractivity contribution in [3.8, 4) is 0 Å². The number of aliphatic carboxylic acids is 1. The highest BCUT2D eigenvalue weighted by Crippen LogP contribution is 2.48. The van der Waals surface area contributed by atoms with Gasteiger partial charge in [0.2, 0.25) is 5.91 Å². The number of amides is 1. The van der Waals surface area contributed by atoms with Gasteiger partial charge in [-0.2, -0.15) is 0 Å². The van der Waals surface area contributed by atoms with Crippen molar-refractivity contribution in [2.45, 2.75) is 13.0 Å². The van der Waals surface area contributed by atoms with E-state index in [4.69, 9.17) is 0 Å². The third-order valence-electron chi connectivity index (χ3n) is 4.42. The van der Waals surface area contributed by atoms with Crippen LogP contribution in [-0.2, 0) is 16.1 Å². The van der Waals surface area contributed by atoms with Gasteiger partial charge in [-0.05, 0) is 40.3 Å². The number of nitrogens with zero attached hydrogens (tertiary/aromatic N) is 1. The molecule has 1 saturated carbocycles. The monoisotopic (exact) mass is 369 g/mol. The maximum atomic E-state index is 12.7. The summed E-state index contributed by atoms with van der Waals surface area (Å²) in [6.45, 7) is 0.527. The van der Waals surface area contributed by atoms with E-state index in [1.54, 1.807) is 23.3 Å². The number of rotatable bonds is 4. The highest BCUT2D eigenvalue weighted by Gasteiger charge is 2.52. The Hall–Kier alpha value is -1.14. The molecule has 2 bridgehead atoms. The normalized spacial score (nSPS) is 29.8. The molecule has 1 fully saturated rings. The van der Waals surface area contributed by atoms with Crippen LogP contribution in [0.5, 0.6) is 0 Å². The summed E-state index contributed by atoms with van der Waals surface area (Å²) in [6, 6.07) is 1.99. The quantitative estimate of drug-likeness (QED) is 0.829. The van der Waals surface area contributed by atoms with E-state index in [2.05, 4.69) is 15.9 Å². The van der Waals surface area contributed by atoms with Gasteiger partial charge in [0.15, 0.2) is 0 Å². The van der Waals surface area contributed by atoms with Gasteiger partial charge in [0.25, 0.3) is 0 Å². The third-order valence-corrected chi connectivity index (χ3v) is 6.10. The molecule has 0 radical (unpaired) electrons. The minimum atomic E-state index is -0.850. The first-order chi connectivity index (χ1) is 9.97. The molecule has 3 rings (SSSR count). The summed E-state index contributed by atoms with van der Waals surface area (Å²) >= 11 is 4.99. The van der Waals surface area contributed by atoms with Crippen LogP contribution in [0.15, 0.2) is 28.1 Å². The van der Waals surface area contributed by atoms with Crippen molar-refractivity contribution in [2.24, 2.45) is 23.7 Å². The lowest BCUT2D eigenvalue weighted by Gasteiger charge is -2.28. The first kappa shape index (κ1) is 14.8. The fraction of sp³-hybridized carbons (Fsp3) is 0.467. The number of hydrogen-bond donors (Lipinski definition) is 1. The highest BCUT2D eigenvalue weighted by atomic mass is 79.9. The van der Waals surface area contributed by atoms with E-state index in [9.17, 15) is 14.7 Å². The maximum absolute atomic E-state index is 12.7. The predicted octanol–water partition coefficient (Wildman–Crippen LogP) is 2.99. The van der Waals surface area contributed by atoms with E-state index in [0.717, 1.165) is 15.8 Å². The van der Waals surface area contributed by atoms with Crippen molar-refractivity contribution in [2.75, 3.05) is 7.05 Å². The predicted molar refractivity (Wildman–Crippen MR) is 83.8 cm³/mol. The zero-order valence-electron chi connectivity index (χ0n) is 11.5. The molecule has 1 N–H and O–H groups in total. The van der Waals surface area contributed by atoms with Crippen LogP contribution in [0.3, 0.4) is 0 Å². The second kappa shape index (κ2) is 5.57. The summed E-state index contributed by atoms with van der Waals surface area (Å²) in [5.41, 5.74) is 0. The van der Waals surface area contributed by atoms with Gasteiger partial charge in [-0.3, -0.25) is 9.59 Å². The van der Waals surface area contributed by atoms with E-state index in [0.29, 0.717) is 6.54 Å². The molecule has 4 atom stereocenters.